The molecule has 2 aliphatic rings. The van der Waals surface area contributed by atoms with Crippen molar-refractivity contribution >= 4 is 87.6 Å². The summed E-state index contributed by atoms with van der Waals surface area (Å²) < 4.78 is 54.4. The highest BCUT2D eigenvalue weighted by Gasteiger charge is 2.53. The molecule has 1 aliphatic carbocycles. The van der Waals surface area contributed by atoms with Gasteiger partial charge in [-0.2, -0.15) is 12.5 Å². The fraction of sp³-hybridized carbons (Fsp3) is 0.391. The van der Waals surface area contributed by atoms with Crippen molar-refractivity contribution in [2.24, 2.45) is 0 Å². The van der Waals surface area contributed by atoms with E-state index < -0.39 is 25.1 Å². The first kappa shape index (κ1) is 26.3. The van der Waals surface area contributed by atoms with Gasteiger partial charge in [-0.15, -0.1) is 16.4 Å². The van der Waals surface area contributed by atoms with Crippen LogP contribution in [0.15, 0.2) is 44.9 Å². The Morgan fingerprint density at radius 1 is 1.00 bits per heavy atom. The molecule has 4 aromatic rings. The number of sulfone groups is 1. The summed E-state index contributed by atoms with van der Waals surface area (Å²) in [4.78, 5) is 8.80. The van der Waals surface area contributed by atoms with Crippen LogP contribution in [0.5, 0.6) is 0 Å². The number of fused-ring (bicyclic) bond motifs is 1. The van der Waals surface area contributed by atoms with Crippen molar-refractivity contribution in [3.05, 3.63) is 45.9 Å². The molecule has 1 spiro atoms. The standard InChI is InChI=1S/C23H23Cl2N5O4S4/c1-14(2)37(31,32)18-6-7-19(36-18)38(33,34)30-16-5-3-4-15(24)20(16)21(27-30)29-11-10-28(13-23(29)8-9-23)22-26-12-17(25)35-22/h3-7,12,14H,8-11,13H2,1-2H3. The second-order valence-electron chi connectivity index (χ2n) is 9.72. The number of halogens is 2. The lowest BCUT2D eigenvalue weighted by molar-refractivity contribution is 0.504. The van der Waals surface area contributed by atoms with Crippen molar-refractivity contribution in [1.29, 1.82) is 0 Å². The molecule has 1 saturated heterocycles. The minimum atomic E-state index is -4.19. The molecule has 0 unspecified atom stereocenters. The van der Waals surface area contributed by atoms with Gasteiger partial charge in [0.15, 0.2) is 20.8 Å². The molecule has 1 saturated carbocycles. The fourth-order valence-corrected chi connectivity index (χ4v) is 10.6. The molecular weight excluding hydrogens is 609 g/mol. The smallest absolute Gasteiger partial charge is 0.293 e. The van der Waals surface area contributed by atoms with Gasteiger partial charge in [0.25, 0.3) is 10.0 Å². The van der Waals surface area contributed by atoms with E-state index >= 15 is 0 Å². The maximum Gasteiger partial charge on any atom is 0.293 e. The highest BCUT2D eigenvalue weighted by molar-refractivity contribution is 7.95. The number of rotatable bonds is 6. The van der Waals surface area contributed by atoms with E-state index in [1.54, 1.807) is 38.2 Å². The van der Waals surface area contributed by atoms with Crippen LogP contribution in [0.3, 0.4) is 0 Å². The molecule has 0 atom stereocenters. The highest BCUT2D eigenvalue weighted by atomic mass is 35.5. The van der Waals surface area contributed by atoms with Crippen LogP contribution in [0.25, 0.3) is 10.9 Å². The van der Waals surface area contributed by atoms with E-state index in [0.29, 0.717) is 45.7 Å². The molecule has 202 valence electrons. The zero-order valence-electron chi connectivity index (χ0n) is 20.3. The summed E-state index contributed by atoms with van der Waals surface area (Å²) in [6.45, 7) is 5.11. The van der Waals surface area contributed by atoms with Gasteiger partial charge in [-0.3, -0.25) is 0 Å². The van der Waals surface area contributed by atoms with Crippen molar-refractivity contribution in [1.82, 2.24) is 14.2 Å². The summed E-state index contributed by atoms with van der Waals surface area (Å²) in [6, 6.07) is 7.74. The zero-order valence-corrected chi connectivity index (χ0v) is 25.1. The van der Waals surface area contributed by atoms with E-state index in [2.05, 4.69) is 19.9 Å². The van der Waals surface area contributed by atoms with Gasteiger partial charge in [0.2, 0.25) is 0 Å². The van der Waals surface area contributed by atoms with Gasteiger partial charge in [-0.05, 0) is 51.0 Å². The van der Waals surface area contributed by atoms with Gasteiger partial charge in [0.05, 0.1) is 32.9 Å². The first-order chi connectivity index (χ1) is 17.9. The molecule has 2 fully saturated rings. The number of aromatic nitrogens is 3. The Morgan fingerprint density at radius 2 is 1.74 bits per heavy atom. The Bertz CT molecular complexity index is 1770. The number of hydrogen-bond acceptors (Lipinski definition) is 10. The summed E-state index contributed by atoms with van der Waals surface area (Å²) in [5, 5.41) is 5.80. The summed E-state index contributed by atoms with van der Waals surface area (Å²) in [5.74, 6) is 0.509. The molecule has 15 heteroatoms. The predicted molar refractivity (Wildman–Crippen MR) is 153 cm³/mol. The van der Waals surface area contributed by atoms with E-state index in [4.69, 9.17) is 23.2 Å². The van der Waals surface area contributed by atoms with E-state index in [9.17, 15) is 16.8 Å². The lowest BCUT2D eigenvalue weighted by atomic mass is 10.1. The quantitative estimate of drug-likeness (QED) is 0.288. The third-order valence-corrected chi connectivity index (χ3v) is 14.3. The SMILES string of the molecule is CC(C)S(=O)(=O)c1ccc(S(=O)(=O)n2nc(N3CCN(c4ncc(Cl)s4)CC34CC4)c3c(Cl)cccc32)s1. The first-order valence-electron chi connectivity index (χ1n) is 11.8. The van der Waals surface area contributed by atoms with Gasteiger partial charge >= 0.3 is 0 Å². The minimum absolute atomic E-state index is 0.0103. The van der Waals surface area contributed by atoms with Crippen LogP contribution in [-0.4, -0.2) is 61.4 Å². The molecule has 0 bridgehead atoms. The average molecular weight is 633 g/mol. The van der Waals surface area contributed by atoms with Crippen molar-refractivity contribution in [3.8, 4) is 0 Å². The molecule has 0 radical (unpaired) electrons. The second-order valence-corrected chi connectivity index (χ2v) is 17.6. The van der Waals surface area contributed by atoms with Gasteiger partial charge in [-0.25, -0.2) is 13.4 Å². The average Bonchev–Trinajstić information content (AvgIpc) is 3.27. The predicted octanol–water partition coefficient (Wildman–Crippen LogP) is 5.14. The van der Waals surface area contributed by atoms with Crippen LogP contribution < -0.4 is 9.80 Å². The molecule has 0 N–H and O–H groups in total. The first-order valence-corrected chi connectivity index (χ1v) is 17.2. The molecular formula is C23H23Cl2N5O4S4. The summed E-state index contributed by atoms with van der Waals surface area (Å²) in [5.41, 5.74) is 0.131. The summed E-state index contributed by atoms with van der Waals surface area (Å²) >= 11 is 14.9. The van der Waals surface area contributed by atoms with Crippen LogP contribution in [0, 0.1) is 0 Å². The second kappa shape index (κ2) is 9.07. The van der Waals surface area contributed by atoms with Gasteiger partial charge in [0, 0.05) is 19.6 Å². The molecule has 6 rings (SSSR count). The number of thiophene rings is 1. The van der Waals surface area contributed by atoms with Crippen LogP contribution in [0.4, 0.5) is 10.9 Å². The van der Waals surface area contributed by atoms with Gasteiger partial charge in [0.1, 0.15) is 12.8 Å². The van der Waals surface area contributed by atoms with E-state index in [1.807, 2.05) is 0 Å². The fourth-order valence-electron chi connectivity index (χ4n) is 4.80. The third kappa shape index (κ3) is 4.13. The molecule has 9 nitrogen and oxygen atoms in total. The van der Waals surface area contributed by atoms with Crippen molar-refractivity contribution < 1.29 is 16.8 Å². The molecule has 3 aromatic heterocycles. The van der Waals surface area contributed by atoms with E-state index in [0.717, 1.165) is 33.4 Å². The number of piperazine rings is 1. The Morgan fingerprint density at radius 3 is 2.39 bits per heavy atom. The Hall–Kier alpha value is -1.90. The molecule has 0 amide bonds. The minimum Gasteiger partial charge on any atom is -0.345 e. The highest BCUT2D eigenvalue weighted by Crippen LogP contribution is 2.49. The Kier molecular flexibility index (Phi) is 6.28. The number of benzene rings is 1. The Labute approximate surface area is 238 Å². The molecule has 1 aliphatic heterocycles. The largest absolute Gasteiger partial charge is 0.345 e. The number of anilines is 2. The van der Waals surface area contributed by atoms with Crippen LogP contribution in [0.2, 0.25) is 9.36 Å². The number of nitrogens with zero attached hydrogens (tertiary/aromatic N) is 5. The van der Waals surface area contributed by atoms with Crippen molar-refractivity contribution in [3.63, 3.8) is 0 Å². The Balaban J connectivity index is 1.42. The third-order valence-electron chi connectivity index (χ3n) is 7.02. The maximum atomic E-state index is 13.8. The van der Waals surface area contributed by atoms with Crippen molar-refractivity contribution in [2.45, 2.75) is 45.9 Å². The van der Waals surface area contributed by atoms with Crippen molar-refractivity contribution in [2.75, 3.05) is 29.4 Å². The van der Waals surface area contributed by atoms with Gasteiger partial charge < -0.3 is 9.80 Å². The summed E-state index contributed by atoms with van der Waals surface area (Å²) in [6.07, 6.45) is 3.50. The molecule has 4 heterocycles. The van der Waals surface area contributed by atoms with E-state index in [1.165, 1.54) is 23.5 Å². The van der Waals surface area contributed by atoms with Gasteiger partial charge in [-0.1, -0.05) is 40.6 Å². The maximum absolute atomic E-state index is 13.8. The van der Waals surface area contributed by atoms with Crippen LogP contribution >= 0.6 is 45.9 Å². The lowest BCUT2D eigenvalue weighted by Crippen LogP contribution is -2.55. The zero-order chi connectivity index (χ0) is 27.0. The molecule has 38 heavy (non-hydrogen) atoms. The summed E-state index contributed by atoms with van der Waals surface area (Å²) in [7, 11) is -7.81. The number of hydrogen-bond donors (Lipinski definition) is 0. The van der Waals surface area contributed by atoms with Crippen LogP contribution in [0.1, 0.15) is 26.7 Å². The number of thiazole rings is 1. The molecule has 1 aromatic carbocycles. The lowest BCUT2D eigenvalue weighted by Gasteiger charge is -2.42. The monoisotopic (exact) mass is 631 g/mol. The normalized spacial score (nSPS) is 17.7. The topological polar surface area (TPSA) is 105 Å². The van der Waals surface area contributed by atoms with E-state index in [-0.39, 0.29) is 14.0 Å². The van der Waals surface area contributed by atoms with Crippen LogP contribution in [-0.2, 0) is 19.9 Å².